The van der Waals surface area contributed by atoms with E-state index in [4.69, 9.17) is 4.74 Å². The average molecular weight is 487 g/mol. The van der Waals surface area contributed by atoms with E-state index < -0.39 is 29.7 Å². The molecule has 0 bridgehead atoms. The highest BCUT2D eigenvalue weighted by Crippen LogP contribution is 2.11. The second kappa shape index (κ2) is 12.7. The minimum Gasteiger partial charge on any atom is -0.444 e. The SMILES string of the molecule is CC(C)(C)OC(=O)N[C@@H](Cc1ccccc1)C(=O)N[C@@H](Cc1ccccc1)C(=O)Cc1ccccc1. The number of carbonyl (C=O) groups is 3. The van der Waals surface area contributed by atoms with Crippen molar-refractivity contribution < 1.29 is 19.1 Å². The third kappa shape index (κ3) is 9.02. The number of amides is 2. The van der Waals surface area contributed by atoms with Gasteiger partial charge in [0.2, 0.25) is 5.91 Å². The van der Waals surface area contributed by atoms with Crippen LogP contribution in [0.2, 0.25) is 0 Å². The summed E-state index contributed by atoms with van der Waals surface area (Å²) in [7, 11) is 0. The van der Waals surface area contributed by atoms with Gasteiger partial charge in [-0.3, -0.25) is 9.59 Å². The molecule has 0 saturated carbocycles. The summed E-state index contributed by atoms with van der Waals surface area (Å²) in [5, 5.41) is 5.61. The van der Waals surface area contributed by atoms with Gasteiger partial charge in [0.05, 0.1) is 6.04 Å². The van der Waals surface area contributed by atoms with Gasteiger partial charge in [-0.15, -0.1) is 0 Å². The Morgan fingerprint density at radius 2 is 1.11 bits per heavy atom. The number of alkyl carbamates (subject to hydrolysis) is 1. The van der Waals surface area contributed by atoms with Crippen molar-refractivity contribution in [3.63, 3.8) is 0 Å². The first kappa shape index (κ1) is 26.7. The van der Waals surface area contributed by atoms with E-state index in [0.717, 1.165) is 16.7 Å². The molecular weight excluding hydrogens is 452 g/mol. The van der Waals surface area contributed by atoms with Crippen molar-refractivity contribution in [1.29, 1.82) is 0 Å². The second-order valence-electron chi connectivity index (χ2n) is 9.77. The fourth-order valence-electron chi connectivity index (χ4n) is 3.80. The lowest BCUT2D eigenvalue weighted by Crippen LogP contribution is -2.54. The van der Waals surface area contributed by atoms with Crippen LogP contribution < -0.4 is 10.6 Å². The van der Waals surface area contributed by atoms with Gasteiger partial charge in [0, 0.05) is 12.8 Å². The molecule has 0 aromatic heterocycles. The maximum Gasteiger partial charge on any atom is 0.408 e. The first-order valence-corrected chi connectivity index (χ1v) is 12.1. The van der Waals surface area contributed by atoms with E-state index in [1.165, 1.54) is 0 Å². The van der Waals surface area contributed by atoms with Gasteiger partial charge in [-0.25, -0.2) is 4.79 Å². The molecule has 0 unspecified atom stereocenters. The Morgan fingerprint density at radius 3 is 1.58 bits per heavy atom. The highest BCUT2D eigenvalue weighted by molar-refractivity contribution is 5.93. The van der Waals surface area contributed by atoms with Gasteiger partial charge in [-0.1, -0.05) is 91.0 Å². The zero-order valence-electron chi connectivity index (χ0n) is 21.1. The number of Topliss-reactive ketones (excluding diaryl/α,β-unsaturated/α-hetero) is 1. The lowest BCUT2D eigenvalue weighted by molar-refractivity contribution is -0.128. The van der Waals surface area contributed by atoms with Crippen molar-refractivity contribution in [3.05, 3.63) is 108 Å². The summed E-state index contributed by atoms with van der Waals surface area (Å²) in [6.07, 6.45) is 0.120. The van der Waals surface area contributed by atoms with Crippen LogP contribution in [0.25, 0.3) is 0 Å². The molecule has 0 radical (unpaired) electrons. The number of ether oxygens (including phenoxy) is 1. The molecule has 2 N–H and O–H groups in total. The number of benzene rings is 3. The molecule has 0 heterocycles. The highest BCUT2D eigenvalue weighted by Gasteiger charge is 2.29. The molecule has 0 fully saturated rings. The van der Waals surface area contributed by atoms with Crippen molar-refractivity contribution in [3.8, 4) is 0 Å². The van der Waals surface area contributed by atoms with E-state index in [2.05, 4.69) is 10.6 Å². The van der Waals surface area contributed by atoms with E-state index >= 15 is 0 Å². The second-order valence-corrected chi connectivity index (χ2v) is 9.77. The van der Waals surface area contributed by atoms with Crippen molar-refractivity contribution in [2.75, 3.05) is 0 Å². The van der Waals surface area contributed by atoms with Gasteiger partial charge in [0.25, 0.3) is 0 Å². The predicted molar refractivity (Wildman–Crippen MR) is 141 cm³/mol. The molecule has 6 heteroatoms. The van der Waals surface area contributed by atoms with Crippen molar-refractivity contribution in [1.82, 2.24) is 10.6 Å². The van der Waals surface area contributed by atoms with Crippen LogP contribution in [0.15, 0.2) is 91.0 Å². The quantitative estimate of drug-likeness (QED) is 0.437. The zero-order chi connectivity index (χ0) is 26.0. The normalized spacial score (nSPS) is 12.8. The third-order valence-electron chi connectivity index (χ3n) is 5.50. The fraction of sp³-hybridized carbons (Fsp3) is 0.300. The minimum atomic E-state index is -0.912. The van der Waals surface area contributed by atoms with Gasteiger partial charge in [0.15, 0.2) is 5.78 Å². The van der Waals surface area contributed by atoms with E-state index in [9.17, 15) is 14.4 Å². The summed E-state index contributed by atoms with van der Waals surface area (Å²) in [5.74, 6) is -0.541. The Hall–Kier alpha value is -3.93. The van der Waals surface area contributed by atoms with Crippen molar-refractivity contribution >= 4 is 17.8 Å². The Morgan fingerprint density at radius 1 is 0.667 bits per heavy atom. The van der Waals surface area contributed by atoms with Gasteiger partial charge < -0.3 is 15.4 Å². The van der Waals surface area contributed by atoms with Gasteiger partial charge in [-0.05, 0) is 43.9 Å². The van der Waals surface area contributed by atoms with E-state index in [-0.39, 0.29) is 18.6 Å². The summed E-state index contributed by atoms with van der Waals surface area (Å²) in [4.78, 5) is 39.3. The van der Waals surface area contributed by atoms with Crippen LogP contribution in [0.4, 0.5) is 4.79 Å². The molecule has 3 aromatic rings. The van der Waals surface area contributed by atoms with Crippen molar-refractivity contribution in [2.45, 2.75) is 57.7 Å². The Kier molecular flexibility index (Phi) is 9.39. The Bertz CT molecular complexity index is 1130. The molecule has 0 saturated heterocycles. The largest absolute Gasteiger partial charge is 0.444 e. The molecular formula is C30H34N2O4. The molecule has 2 atom stereocenters. The molecule has 188 valence electrons. The van der Waals surface area contributed by atoms with Crippen LogP contribution in [0.5, 0.6) is 0 Å². The van der Waals surface area contributed by atoms with Crippen LogP contribution in [0.3, 0.4) is 0 Å². The molecule has 0 aliphatic heterocycles. The number of carbonyl (C=O) groups excluding carboxylic acids is 3. The van der Waals surface area contributed by atoms with Crippen molar-refractivity contribution in [2.24, 2.45) is 0 Å². The predicted octanol–water partition coefficient (Wildman–Crippen LogP) is 4.66. The summed E-state index contributed by atoms with van der Waals surface area (Å²) >= 11 is 0. The molecule has 3 rings (SSSR count). The first-order chi connectivity index (χ1) is 17.2. The lowest BCUT2D eigenvalue weighted by Gasteiger charge is -2.25. The molecule has 2 amide bonds. The number of nitrogens with one attached hydrogen (secondary N) is 2. The van der Waals surface area contributed by atoms with Gasteiger partial charge in [-0.2, -0.15) is 0 Å². The standard InChI is InChI=1S/C30H34N2O4/c1-30(2,3)36-29(35)32-26(20-23-15-9-5-10-16-23)28(34)31-25(19-22-13-7-4-8-14-22)27(33)21-24-17-11-6-12-18-24/h4-18,25-26H,19-21H2,1-3H3,(H,31,34)(H,32,35)/t25-,26-/m0/s1. The van der Waals surface area contributed by atoms with Crippen LogP contribution in [0.1, 0.15) is 37.5 Å². The van der Waals surface area contributed by atoms with Crippen LogP contribution >= 0.6 is 0 Å². The Balaban J connectivity index is 1.80. The molecule has 36 heavy (non-hydrogen) atoms. The topological polar surface area (TPSA) is 84.5 Å². The van der Waals surface area contributed by atoms with Crippen LogP contribution in [-0.2, 0) is 33.6 Å². The number of rotatable bonds is 10. The summed E-state index contributed by atoms with van der Waals surface area (Å²) in [6.45, 7) is 5.28. The average Bonchev–Trinajstić information content (AvgIpc) is 2.84. The first-order valence-electron chi connectivity index (χ1n) is 12.1. The summed E-state index contributed by atoms with van der Waals surface area (Å²) < 4.78 is 5.39. The zero-order valence-corrected chi connectivity index (χ0v) is 21.1. The monoisotopic (exact) mass is 486 g/mol. The summed E-state index contributed by atoms with van der Waals surface area (Å²) in [5.41, 5.74) is 1.98. The van der Waals surface area contributed by atoms with E-state index in [0.29, 0.717) is 6.42 Å². The number of ketones is 1. The molecule has 0 aliphatic carbocycles. The molecule has 0 aliphatic rings. The van der Waals surface area contributed by atoms with Gasteiger partial charge >= 0.3 is 6.09 Å². The van der Waals surface area contributed by atoms with E-state index in [1.807, 2.05) is 91.0 Å². The lowest BCUT2D eigenvalue weighted by atomic mass is 9.97. The van der Waals surface area contributed by atoms with E-state index in [1.54, 1.807) is 20.8 Å². The maximum atomic E-state index is 13.5. The van der Waals surface area contributed by atoms with Gasteiger partial charge in [0.1, 0.15) is 11.6 Å². The minimum absolute atomic E-state index is 0.103. The summed E-state index contributed by atoms with van der Waals surface area (Å²) in [6, 6.07) is 26.8. The Labute approximate surface area is 213 Å². The third-order valence-corrected chi connectivity index (χ3v) is 5.50. The van der Waals surface area contributed by atoms with Crippen LogP contribution in [-0.4, -0.2) is 35.5 Å². The molecule has 0 spiro atoms. The number of hydrogen-bond acceptors (Lipinski definition) is 4. The molecule has 3 aromatic carbocycles. The highest BCUT2D eigenvalue weighted by atomic mass is 16.6. The smallest absolute Gasteiger partial charge is 0.408 e. The maximum absolute atomic E-state index is 13.5. The molecule has 6 nitrogen and oxygen atoms in total. The van der Waals surface area contributed by atoms with Crippen LogP contribution in [0, 0.1) is 0 Å². The fourth-order valence-corrected chi connectivity index (χ4v) is 3.80. The number of hydrogen-bond donors (Lipinski definition) is 2.